The zero-order valence-electron chi connectivity index (χ0n) is 8.67. The van der Waals surface area contributed by atoms with E-state index in [0.717, 1.165) is 0 Å². The third-order valence-corrected chi connectivity index (χ3v) is 2.47. The molecule has 1 unspecified atom stereocenters. The number of hydrogen-bond acceptors (Lipinski definition) is 2. The van der Waals surface area contributed by atoms with Gasteiger partial charge in [0.25, 0.3) is 0 Å². The van der Waals surface area contributed by atoms with Crippen LogP contribution in [0.1, 0.15) is 20.8 Å². The lowest BCUT2D eigenvalue weighted by molar-refractivity contribution is -0.139. The maximum absolute atomic E-state index is 11.7. The largest absolute Gasteiger partial charge is 0.392 e. The van der Waals surface area contributed by atoms with Crippen molar-refractivity contribution in [1.29, 1.82) is 0 Å². The molecule has 0 heterocycles. The number of alkyl halides is 1. The van der Waals surface area contributed by atoms with Crippen LogP contribution in [0.2, 0.25) is 0 Å². The molecular weight excluding hydrogens is 190 g/mol. The molecule has 13 heavy (non-hydrogen) atoms. The number of aliphatic hydroxyl groups excluding tert-OH is 1. The first-order chi connectivity index (χ1) is 5.81. The Morgan fingerprint density at radius 3 is 2.38 bits per heavy atom. The number of rotatable bonds is 4. The van der Waals surface area contributed by atoms with Gasteiger partial charge in [0.05, 0.1) is 11.5 Å². The molecule has 1 N–H and O–H groups in total. The highest BCUT2D eigenvalue weighted by Gasteiger charge is 2.29. The molecule has 0 aliphatic carbocycles. The van der Waals surface area contributed by atoms with Gasteiger partial charge in [0.15, 0.2) is 0 Å². The molecule has 0 aromatic rings. The first-order valence-corrected chi connectivity index (χ1v) is 4.84. The summed E-state index contributed by atoms with van der Waals surface area (Å²) in [5, 5.41) is 9.08. The maximum atomic E-state index is 11.7. The molecule has 0 aromatic heterocycles. The van der Waals surface area contributed by atoms with Gasteiger partial charge in [-0.25, -0.2) is 0 Å². The maximum Gasteiger partial charge on any atom is 0.229 e. The molecule has 0 spiro atoms. The van der Waals surface area contributed by atoms with Crippen LogP contribution in [0.5, 0.6) is 0 Å². The van der Waals surface area contributed by atoms with E-state index in [1.807, 2.05) is 0 Å². The molecule has 3 nitrogen and oxygen atoms in total. The minimum atomic E-state index is -0.550. The van der Waals surface area contributed by atoms with Crippen molar-refractivity contribution in [3.63, 3.8) is 0 Å². The van der Waals surface area contributed by atoms with Crippen molar-refractivity contribution in [2.45, 2.75) is 26.9 Å². The second-order valence-corrected chi connectivity index (χ2v) is 4.32. The van der Waals surface area contributed by atoms with E-state index in [1.54, 1.807) is 27.8 Å². The van der Waals surface area contributed by atoms with Gasteiger partial charge in [-0.1, -0.05) is 0 Å². The zero-order valence-corrected chi connectivity index (χ0v) is 9.43. The third kappa shape index (κ3) is 3.96. The Bertz CT molecular complexity index is 180. The van der Waals surface area contributed by atoms with Gasteiger partial charge in [0.2, 0.25) is 5.91 Å². The molecule has 4 heteroatoms. The quantitative estimate of drug-likeness (QED) is 0.702. The molecule has 0 fully saturated rings. The second kappa shape index (κ2) is 4.82. The van der Waals surface area contributed by atoms with Gasteiger partial charge in [-0.3, -0.25) is 4.79 Å². The Kier molecular flexibility index (Phi) is 4.71. The van der Waals surface area contributed by atoms with E-state index in [4.69, 9.17) is 16.7 Å². The van der Waals surface area contributed by atoms with Crippen molar-refractivity contribution < 1.29 is 9.90 Å². The average Bonchev–Trinajstić information content (AvgIpc) is 2.01. The summed E-state index contributed by atoms with van der Waals surface area (Å²) in [5.41, 5.74) is -0.550. The summed E-state index contributed by atoms with van der Waals surface area (Å²) in [6.45, 7) is 5.58. The van der Waals surface area contributed by atoms with E-state index in [1.165, 1.54) is 4.90 Å². The Morgan fingerprint density at radius 1 is 1.62 bits per heavy atom. The lowest BCUT2D eigenvalue weighted by Crippen LogP contribution is -2.42. The van der Waals surface area contributed by atoms with Crippen LogP contribution in [0.15, 0.2) is 0 Å². The van der Waals surface area contributed by atoms with E-state index in [0.29, 0.717) is 6.54 Å². The Morgan fingerprint density at radius 2 is 2.08 bits per heavy atom. The summed E-state index contributed by atoms with van der Waals surface area (Å²) >= 11 is 5.66. The summed E-state index contributed by atoms with van der Waals surface area (Å²) in [6.07, 6.45) is -0.500. The van der Waals surface area contributed by atoms with Crippen LogP contribution in [-0.4, -0.2) is 41.5 Å². The second-order valence-electron chi connectivity index (χ2n) is 4.05. The van der Waals surface area contributed by atoms with Crippen LogP contribution in [-0.2, 0) is 4.79 Å². The van der Waals surface area contributed by atoms with Gasteiger partial charge in [0.1, 0.15) is 0 Å². The molecular formula is C9H18ClNO2. The molecule has 1 amide bonds. The van der Waals surface area contributed by atoms with Gasteiger partial charge in [-0.15, -0.1) is 11.6 Å². The highest BCUT2D eigenvalue weighted by atomic mass is 35.5. The smallest absolute Gasteiger partial charge is 0.229 e. The first kappa shape index (κ1) is 12.7. The predicted octanol–water partition coefficient (Wildman–Crippen LogP) is 1.09. The number of carbonyl (C=O) groups is 1. The highest BCUT2D eigenvalue weighted by Crippen LogP contribution is 2.19. The standard InChI is InChI=1S/C9H18ClNO2/c1-7(12)5-11(4)8(13)9(2,3)6-10/h7,12H,5-6H2,1-4H3. The summed E-state index contributed by atoms with van der Waals surface area (Å²) < 4.78 is 0. The molecule has 0 aromatic carbocycles. The zero-order chi connectivity index (χ0) is 10.6. The monoisotopic (exact) mass is 207 g/mol. The van der Waals surface area contributed by atoms with Crippen LogP contribution >= 0.6 is 11.6 Å². The number of carbonyl (C=O) groups excluding carboxylic acids is 1. The van der Waals surface area contributed by atoms with Crippen LogP contribution in [0.4, 0.5) is 0 Å². The van der Waals surface area contributed by atoms with Crippen LogP contribution in [0, 0.1) is 5.41 Å². The van der Waals surface area contributed by atoms with Crippen molar-refractivity contribution in [3.8, 4) is 0 Å². The van der Waals surface area contributed by atoms with E-state index in [2.05, 4.69) is 0 Å². The number of aliphatic hydroxyl groups is 1. The summed E-state index contributed by atoms with van der Waals surface area (Å²) in [5.74, 6) is 0.249. The average molecular weight is 208 g/mol. The Labute approximate surface area is 84.7 Å². The first-order valence-electron chi connectivity index (χ1n) is 4.31. The van der Waals surface area contributed by atoms with Gasteiger partial charge in [0, 0.05) is 19.5 Å². The number of amides is 1. The van der Waals surface area contributed by atoms with Crippen molar-refractivity contribution >= 4 is 17.5 Å². The lowest BCUT2D eigenvalue weighted by Gasteiger charge is -2.28. The summed E-state index contributed by atoms with van der Waals surface area (Å²) in [6, 6.07) is 0. The van der Waals surface area contributed by atoms with E-state index in [9.17, 15) is 4.79 Å². The highest BCUT2D eigenvalue weighted by molar-refractivity contribution is 6.19. The van der Waals surface area contributed by atoms with Gasteiger partial charge in [-0.2, -0.15) is 0 Å². The fourth-order valence-corrected chi connectivity index (χ4v) is 1.17. The van der Waals surface area contributed by atoms with E-state index >= 15 is 0 Å². The molecule has 0 radical (unpaired) electrons. The molecule has 0 aliphatic rings. The minimum Gasteiger partial charge on any atom is -0.392 e. The van der Waals surface area contributed by atoms with E-state index < -0.39 is 11.5 Å². The molecule has 78 valence electrons. The number of likely N-dealkylation sites (N-methyl/N-ethyl adjacent to an activating group) is 1. The van der Waals surface area contributed by atoms with Crippen molar-refractivity contribution in [2.24, 2.45) is 5.41 Å². The topological polar surface area (TPSA) is 40.5 Å². The number of halogens is 1. The van der Waals surface area contributed by atoms with Crippen molar-refractivity contribution in [2.75, 3.05) is 19.5 Å². The van der Waals surface area contributed by atoms with Crippen LogP contribution < -0.4 is 0 Å². The molecule has 0 saturated carbocycles. The Hall–Kier alpha value is -0.280. The number of nitrogens with zero attached hydrogens (tertiary/aromatic N) is 1. The molecule has 0 bridgehead atoms. The summed E-state index contributed by atoms with van der Waals surface area (Å²) in [4.78, 5) is 13.2. The fourth-order valence-electron chi connectivity index (χ4n) is 1.05. The van der Waals surface area contributed by atoms with Gasteiger partial charge in [-0.05, 0) is 20.8 Å². The van der Waals surface area contributed by atoms with Gasteiger partial charge < -0.3 is 10.0 Å². The SMILES string of the molecule is CC(O)CN(C)C(=O)C(C)(C)CCl. The van der Waals surface area contributed by atoms with Crippen molar-refractivity contribution in [1.82, 2.24) is 4.90 Å². The van der Waals surface area contributed by atoms with Crippen LogP contribution in [0.25, 0.3) is 0 Å². The predicted molar refractivity (Wildman–Crippen MR) is 53.8 cm³/mol. The lowest BCUT2D eigenvalue weighted by atomic mass is 9.94. The summed E-state index contributed by atoms with van der Waals surface area (Å²) in [7, 11) is 1.67. The van der Waals surface area contributed by atoms with Crippen molar-refractivity contribution in [3.05, 3.63) is 0 Å². The van der Waals surface area contributed by atoms with Crippen LogP contribution in [0.3, 0.4) is 0 Å². The Balaban J connectivity index is 4.25. The minimum absolute atomic E-state index is 0.0385. The molecule has 0 aliphatic heterocycles. The van der Waals surface area contributed by atoms with E-state index in [-0.39, 0.29) is 11.8 Å². The van der Waals surface area contributed by atoms with Gasteiger partial charge >= 0.3 is 0 Å². The molecule has 0 saturated heterocycles. The molecule has 0 rings (SSSR count). The number of hydrogen-bond donors (Lipinski definition) is 1. The molecule has 1 atom stereocenters. The fraction of sp³-hybridized carbons (Fsp3) is 0.889. The normalized spacial score (nSPS) is 14.0. The third-order valence-electron chi connectivity index (χ3n) is 1.80.